The highest BCUT2D eigenvalue weighted by atomic mass is 16.5. The lowest BCUT2D eigenvalue weighted by Crippen LogP contribution is -2.15. The molecule has 0 atom stereocenters. The third-order valence-corrected chi connectivity index (χ3v) is 2.95. The van der Waals surface area contributed by atoms with E-state index in [9.17, 15) is 9.59 Å². The van der Waals surface area contributed by atoms with Crippen LogP contribution >= 0.6 is 0 Å². The van der Waals surface area contributed by atoms with E-state index < -0.39 is 11.9 Å². The molecular formula is C16H18N2O5. The number of amides is 1. The number of benzene rings is 1. The van der Waals surface area contributed by atoms with Gasteiger partial charge in [-0.1, -0.05) is 0 Å². The Balaban J connectivity index is 2.35. The predicted molar refractivity (Wildman–Crippen MR) is 83.1 cm³/mol. The number of anilines is 1. The zero-order valence-electron chi connectivity index (χ0n) is 13.3. The quantitative estimate of drug-likeness (QED) is 0.878. The zero-order valence-corrected chi connectivity index (χ0v) is 13.3. The van der Waals surface area contributed by atoms with Crippen LogP contribution < -0.4 is 10.1 Å². The highest BCUT2D eigenvalue weighted by Gasteiger charge is 2.19. The van der Waals surface area contributed by atoms with Gasteiger partial charge in [-0.15, -0.1) is 0 Å². The molecule has 0 saturated carbocycles. The number of ether oxygens (including phenoxy) is 1. The highest BCUT2D eigenvalue weighted by molar-refractivity contribution is 6.04. The number of nitrogens with one attached hydrogen (secondary N) is 1. The minimum absolute atomic E-state index is 0.0434. The summed E-state index contributed by atoms with van der Waals surface area (Å²) < 4.78 is 10.9. The standard InChI is InChI=1S/C16H18N2O5/c1-8(2)22-13-6-5-11(16(20)21)7-12(13)18-15(19)14-9(3)17-10(4)23-14/h5-8H,1-4H3,(H,18,19)(H,20,21). The van der Waals surface area contributed by atoms with Gasteiger partial charge in [0.05, 0.1) is 23.0 Å². The maximum absolute atomic E-state index is 12.3. The fourth-order valence-electron chi connectivity index (χ4n) is 2.04. The Kier molecular flexibility index (Phi) is 4.68. The first-order valence-corrected chi connectivity index (χ1v) is 7.07. The largest absolute Gasteiger partial charge is 0.489 e. The lowest BCUT2D eigenvalue weighted by molar-refractivity contribution is 0.0696. The van der Waals surface area contributed by atoms with Crippen LogP contribution in [0.1, 0.15) is 46.3 Å². The van der Waals surface area contributed by atoms with Crippen molar-refractivity contribution in [1.82, 2.24) is 4.98 Å². The molecule has 0 bridgehead atoms. The van der Waals surface area contributed by atoms with Crippen LogP contribution in [0.4, 0.5) is 5.69 Å². The molecule has 1 amide bonds. The van der Waals surface area contributed by atoms with E-state index in [2.05, 4.69) is 10.3 Å². The number of carboxylic acid groups (broad SMARTS) is 1. The van der Waals surface area contributed by atoms with E-state index in [0.717, 1.165) is 0 Å². The molecule has 1 heterocycles. The number of aryl methyl sites for hydroxylation is 2. The second-order valence-corrected chi connectivity index (χ2v) is 5.28. The lowest BCUT2D eigenvalue weighted by Gasteiger charge is -2.15. The third-order valence-electron chi connectivity index (χ3n) is 2.95. The van der Waals surface area contributed by atoms with Crippen LogP contribution in [0.2, 0.25) is 0 Å². The molecule has 2 aromatic rings. The number of aromatic nitrogens is 1. The highest BCUT2D eigenvalue weighted by Crippen LogP contribution is 2.28. The van der Waals surface area contributed by atoms with Crippen LogP contribution in [-0.4, -0.2) is 28.1 Å². The van der Waals surface area contributed by atoms with Crippen molar-refractivity contribution < 1.29 is 23.8 Å². The van der Waals surface area contributed by atoms with Crippen molar-refractivity contribution in [2.24, 2.45) is 0 Å². The summed E-state index contributed by atoms with van der Waals surface area (Å²) in [5.41, 5.74) is 0.764. The van der Waals surface area contributed by atoms with Gasteiger partial charge < -0.3 is 19.6 Å². The molecule has 0 aliphatic rings. The Morgan fingerprint density at radius 1 is 1.30 bits per heavy atom. The monoisotopic (exact) mass is 318 g/mol. The van der Waals surface area contributed by atoms with Gasteiger partial charge in [0.2, 0.25) is 5.76 Å². The summed E-state index contributed by atoms with van der Waals surface area (Å²) in [5, 5.41) is 11.7. The Morgan fingerprint density at radius 2 is 2.00 bits per heavy atom. The van der Waals surface area contributed by atoms with E-state index in [4.69, 9.17) is 14.3 Å². The molecule has 7 heteroatoms. The van der Waals surface area contributed by atoms with E-state index in [-0.39, 0.29) is 23.1 Å². The van der Waals surface area contributed by atoms with Gasteiger partial charge in [-0.3, -0.25) is 4.79 Å². The summed E-state index contributed by atoms with van der Waals surface area (Å²) in [5.74, 6) is -0.765. The van der Waals surface area contributed by atoms with Crippen LogP contribution in [0.5, 0.6) is 5.75 Å². The summed E-state index contributed by atoms with van der Waals surface area (Å²) in [7, 11) is 0. The van der Waals surface area contributed by atoms with Gasteiger partial charge in [-0.25, -0.2) is 9.78 Å². The van der Waals surface area contributed by atoms with Gasteiger partial charge in [-0.05, 0) is 39.0 Å². The van der Waals surface area contributed by atoms with Crippen molar-refractivity contribution in [3.8, 4) is 5.75 Å². The summed E-state index contributed by atoms with van der Waals surface area (Å²) >= 11 is 0. The number of hydrogen-bond donors (Lipinski definition) is 2. The van der Waals surface area contributed by atoms with E-state index in [0.29, 0.717) is 17.3 Å². The van der Waals surface area contributed by atoms with E-state index in [1.807, 2.05) is 13.8 Å². The summed E-state index contributed by atoms with van der Waals surface area (Å²) in [6, 6.07) is 4.27. The molecule has 1 aromatic heterocycles. The van der Waals surface area contributed by atoms with Gasteiger partial charge in [0.15, 0.2) is 5.89 Å². The smallest absolute Gasteiger partial charge is 0.335 e. The zero-order chi connectivity index (χ0) is 17.1. The Labute approximate surface area is 133 Å². The molecule has 0 fully saturated rings. The Hall–Kier alpha value is -2.83. The molecule has 1 aromatic carbocycles. The Bertz CT molecular complexity index is 749. The first-order chi connectivity index (χ1) is 10.8. The van der Waals surface area contributed by atoms with E-state index >= 15 is 0 Å². The Morgan fingerprint density at radius 3 is 2.52 bits per heavy atom. The van der Waals surface area contributed by atoms with Crippen molar-refractivity contribution in [1.29, 1.82) is 0 Å². The van der Waals surface area contributed by atoms with Gasteiger partial charge in [0.1, 0.15) is 5.75 Å². The second-order valence-electron chi connectivity index (χ2n) is 5.28. The normalized spacial score (nSPS) is 10.7. The predicted octanol–water partition coefficient (Wildman–Crippen LogP) is 3.03. The number of aromatic carboxylic acids is 1. The number of carbonyl (C=O) groups excluding carboxylic acids is 1. The van der Waals surface area contributed by atoms with Crippen molar-refractivity contribution in [2.75, 3.05) is 5.32 Å². The number of carbonyl (C=O) groups is 2. The SMILES string of the molecule is Cc1nc(C)c(C(=O)Nc2cc(C(=O)O)ccc2OC(C)C)o1. The maximum Gasteiger partial charge on any atom is 0.335 e. The maximum atomic E-state index is 12.3. The van der Waals surface area contributed by atoms with Crippen molar-refractivity contribution in [2.45, 2.75) is 33.8 Å². The summed E-state index contributed by atoms with van der Waals surface area (Å²) in [6.07, 6.45) is -0.129. The number of nitrogens with zero attached hydrogens (tertiary/aromatic N) is 1. The van der Waals surface area contributed by atoms with Crippen molar-refractivity contribution in [3.63, 3.8) is 0 Å². The number of carboxylic acids is 1. The number of oxazole rings is 1. The van der Waals surface area contributed by atoms with Crippen LogP contribution in [0, 0.1) is 13.8 Å². The van der Waals surface area contributed by atoms with Crippen molar-refractivity contribution >= 4 is 17.6 Å². The third kappa shape index (κ3) is 3.88. The van der Waals surface area contributed by atoms with Gasteiger partial charge in [-0.2, -0.15) is 0 Å². The first-order valence-electron chi connectivity index (χ1n) is 7.07. The molecule has 23 heavy (non-hydrogen) atoms. The fourth-order valence-corrected chi connectivity index (χ4v) is 2.04. The van der Waals surface area contributed by atoms with Crippen LogP contribution in [-0.2, 0) is 0 Å². The molecule has 2 rings (SSSR count). The van der Waals surface area contributed by atoms with E-state index in [1.54, 1.807) is 13.8 Å². The van der Waals surface area contributed by atoms with E-state index in [1.165, 1.54) is 18.2 Å². The number of rotatable bonds is 5. The molecule has 0 aliphatic carbocycles. The molecule has 0 aliphatic heterocycles. The van der Waals surface area contributed by atoms with Gasteiger partial charge >= 0.3 is 5.97 Å². The van der Waals surface area contributed by atoms with Gasteiger partial charge in [0, 0.05) is 6.92 Å². The average molecular weight is 318 g/mol. The van der Waals surface area contributed by atoms with Crippen LogP contribution in [0.15, 0.2) is 22.6 Å². The average Bonchev–Trinajstić information content (AvgIpc) is 2.79. The molecule has 0 radical (unpaired) electrons. The lowest BCUT2D eigenvalue weighted by atomic mass is 10.1. The van der Waals surface area contributed by atoms with Crippen LogP contribution in [0.25, 0.3) is 0 Å². The molecule has 2 N–H and O–H groups in total. The van der Waals surface area contributed by atoms with Crippen LogP contribution in [0.3, 0.4) is 0 Å². The fraction of sp³-hybridized carbons (Fsp3) is 0.312. The van der Waals surface area contributed by atoms with Gasteiger partial charge in [0.25, 0.3) is 5.91 Å². The molecule has 0 saturated heterocycles. The minimum Gasteiger partial charge on any atom is -0.489 e. The number of hydrogen-bond acceptors (Lipinski definition) is 5. The summed E-state index contributed by atoms with van der Waals surface area (Å²) in [6.45, 7) is 6.97. The minimum atomic E-state index is -1.09. The first kappa shape index (κ1) is 16.5. The summed E-state index contributed by atoms with van der Waals surface area (Å²) in [4.78, 5) is 27.5. The molecule has 0 spiro atoms. The molecule has 7 nitrogen and oxygen atoms in total. The molecular weight excluding hydrogens is 300 g/mol. The topological polar surface area (TPSA) is 102 Å². The van der Waals surface area contributed by atoms with Crippen molar-refractivity contribution in [3.05, 3.63) is 41.1 Å². The molecule has 122 valence electrons. The second kappa shape index (κ2) is 6.51. The molecule has 0 unspecified atom stereocenters.